The maximum absolute atomic E-state index is 15.0. The molecule has 0 aromatic heterocycles. The SMILES string of the molecule is C=C(C)CCC1C[C@@]23C[C@H]4C(C)(C)c5ccccc5C(=O)C45C(=O)[C@@](CC=C(C)C)(C[C@@]1(C)C52O)C3=O. The Bertz CT molecular complexity index is 1330. The van der Waals surface area contributed by atoms with E-state index >= 15 is 4.79 Å². The quantitative estimate of drug-likeness (QED) is 0.388. The number of rotatable bonds is 5. The molecule has 5 fully saturated rings. The topological polar surface area (TPSA) is 71.4 Å². The van der Waals surface area contributed by atoms with Crippen LogP contribution in [0, 0.1) is 33.5 Å². The first-order chi connectivity index (χ1) is 17.2. The van der Waals surface area contributed by atoms with Crippen LogP contribution >= 0.6 is 0 Å². The standard InChI is InChI=1S/C33H40O4/c1-19(2)12-13-21-16-31-17-24-28(5,6)23-11-9-8-10-22(23)25(34)32(24)27(36)30(26(31)35,15-14-20(3)4)18-29(21,7)33(31,32)37/h8-11,14,21,24,37H,1,12-13,15-18H2,2-7H3/t21?,24-,29+,30-,31-,32?,33?/m0/s1. The van der Waals surface area contributed by atoms with Crippen LogP contribution in [0.1, 0.15) is 96.0 Å². The predicted molar refractivity (Wildman–Crippen MR) is 143 cm³/mol. The third kappa shape index (κ3) is 2.32. The Morgan fingerprint density at radius 3 is 2.38 bits per heavy atom. The van der Waals surface area contributed by atoms with E-state index in [1.165, 1.54) is 0 Å². The second-order valence-corrected chi connectivity index (χ2v) is 14.2. The molecule has 7 rings (SSSR count). The molecular formula is C33H40O4. The number of carbonyl (C=O) groups is 3. The van der Waals surface area contributed by atoms with Gasteiger partial charge in [0.2, 0.25) is 0 Å². The number of carbonyl (C=O) groups excluding carboxylic acids is 3. The molecule has 0 radical (unpaired) electrons. The molecule has 1 aromatic carbocycles. The molecule has 3 unspecified atom stereocenters. The van der Waals surface area contributed by atoms with Gasteiger partial charge in [-0.3, -0.25) is 14.4 Å². The molecule has 0 aliphatic heterocycles. The van der Waals surface area contributed by atoms with E-state index in [0.29, 0.717) is 31.2 Å². The smallest absolute Gasteiger partial charge is 0.180 e. The summed E-state index contributed by atoms with van der Waals surface area (Å²) in [7, 11) is 0. The number of ketones is 3. The number of Topliss-reactive ketones (excluding diaryl/α,β-unsaturated/α-hetero) is 3. The summed E-state index contributed by atoms with van der Waals surface area (Å²) in [6, 6.07) is 7.60. The van der Waals surface area contributed by atoms with Crippen molar-refractivity contribution in [2.24, 2.45) is 33.5 Å². The molecule has 6 aliphatic carbocycles. The molecule has 4 heteroatoms. The highest BCUT2D eigenvalue weighted by atomic mass is 16.3. The molecular weight excluding hydrogens is 460 g/mol. The highest BCUT2D eigenvalue weighted by Gasteiger charge is 2.97. The maximum Gasteiger partial charge on any atom is 0.180 e. The summed E-state index contributed by atoms with van der Waals surface area (Å²) in [6.07, 6.45) is 5.22. The molecule has 1 spiro atoms. The molecule has 7 atom stereocenters. The third-order valence-corrected chi connectivity index (χ3v) is 11.9. The Morgan fingerprint density at radius 2 is 1.73 bits per heavy atom. The summed E-state index contributed by atoms with van der Waals surface area (Å²) in [5, 5.41) is 13.2. The van der Waals surface area contributed by atoms with E-state index in [9.17, 15) is 14.7 Å². The second-order valence-electron chi connectivity index (χ2n) is 14.2. The van der Waals surface area contributed by atoms with Crippen molar-refractivity contribution in [3.63, 3.8) is 0 Å². The molecule has 0 amide bonds. The summed E-state index contributed by atoms with van der Waals surface area (Å²) in [5.74, 6) is -1.01. The summed E-state index contributed by atoms with van der Waals surface area (Å²) < 4.78 is 0. The lowest BCUT2D eigenvalue weighted by molar-refractivity contribution is -0.241. The molecule has 1 aromatic rings. The lowest BCUT2D eigenvalue weighted by Crippen LogP contribution is -2.82. The van der Waals surface area contributed by atoms with Crippen LogP contribution in [-0.4, -0.2) is 28.1 Å². The zero-order chi connectivity index (χ0) is 27.0. The van der Waals surface area contributed by atoms with Crippen molar-refractivity contribution < 1.29 is 19.5 Å². The molecule has 0 heterocycles. The Morgan fingerprint density at radius 1 is 1.05 bits per heavy atom. The van der Waals surface area contributed by atoms with Crippen molar-refractivity contribution in [3.05, 3.63) is 59.2 Å². The average Bonchev–Trinajstić information content (AvgIpc) is 3.15. The zero-order valence-electron chi connectivity index (χ0n) is 23.2. The average molecular weight is 501 g/mol. The summed E-state index contributed by atoms with van der Waals surface area (Å²) in [5.41, 5.74) is -3.27. The van der Waals surface area contributed by atoms with Crippen LogP contribution in [-0.2, 0) is 15.0 Å². The van der Waals surface area contributed by atoms with Crippen molar-refractivity contribution in [2.75, 3.05) is 0 Å². The Kier molecular flexibility index (Phi) is 4.72. The molecule has 196 valence electrons. The van der Waals surface area contributed by atoms with Gasteiger partial charge in [-0.25, -0.2) is 0 Å². The van der Waals surface area contributed by atoms with Crippen LogP contribution in [0.15, 0.2) is 48.1 Å². The molecule has 5 saturated carbocycles. The third-order valence-electron chi connectivity index (χ3n) is 11.9. The maximum atomic E-state index is 15.0. The van der Waals surface area contributed by atoms with E-state index in [4.69, 9.17) is 0 Å². The summed E-state index contributed by atoms with van der Waals surface area (Å²) >= 11 is 0. The fourth-order valence-electron chi connectivity index (χ4n) is 10.5. The number of fused-ring (bicyclic) bond motifs is 1. The molecule has 1 N–H and O–H groups in total. The van der Waals surface area contributed by atoms with Crippen molar-refractivity contribution >= 4 is 17.3 Å². The Balaban J connectivity index is 1.69. The van der Waals surface area contributed by atoms with Gasteiger partial charge in [-0.1, -0.05) is 62.3 Å². The van der Waals surface area contributed by atoms with E-state index in [2.05, 4.69) is 27.4 Å². The van der Waals surface area contributed by atoms with Crippen LogP contribution in [0.25, 0.3) is 0 Å². The first-order valence-corrected chi connectivity index (χ1v) is 13.9. The fourth-order valence-corrected chi connectivity index (χ4v) is 10.5. The number of allylic oxidation sites excluding steroid dienone is 3. The van der Waals surface area contributed by atoms with Gasteiger partial charge < -0.3 is 5.11 Å². The minimum atomic E-state index is -1.68. The first kappa shape index (κ1) is 25.0. The highest BCUT2D eigenvalue weighted by Crippen LogP contribution is 2.87. The zero-order valence-corrected chi connectivity index (χ0v) is 23.2. The van der Waals surface area contributed by atoms with Crippen LogP contribution in [0.2, 0.25) is 0 Å². The second kappa shape index (κ2) is 7.00. The van der Waals surface area contributed by atoms with E-state index in [0.717, 1.165) is 29.6 Å². The largest absolute Gasteiger partial charge is 0.387 e. The van der Waals surface area contributed by atoms with Gasteiger partial charge in [0.05, 0.1) is 10.8 Å². The Labute approximate surface area is 220 Å². The number of aliphatic hydroxyl groups is 1. The molecule has 0 saturated heterocycles. The number of benzene rings is 1. The van der Waals surface area contributed by atoms with E-state index in [1.54, 1.807) is 0 Å². The normalized spacial score (nSPS) is 44.0. The van der Waals surface area contributed by atoms with Gasteiger partial charge >= 0.3 is 0 Å². The highest BCUT2D eigenvalue weighted by molar-refractivity contribution is 6.29. The number of hydrogen-bond acceptors (Lipinski definition) is 4. The van der Waals surface area contributed by atoms with Crippen molar-refractivity contribution in [2.45, 2.75) is 91.1 Å². The van der Waals surface area contributed by atoms with Crippen molar-refractivity contribution in [1.82, 2.24) is 0 Å². The van der Waals surface area contributed by atoms with Crippen molar-refractivity contribution in [1.29, 1.82) is 0 Å². The minimum absolute atomic E-state index is 0.0470. The van der Waals surface area contributed by atoms with Gasteiger partial charge in [-0.2, -0.15) is 0 Å². The van der Waals surface area contributed by atoms with Crippen LogP contribution in [0.4, 0.5) is 0 Å². The van der Waals surface area contributed by atoms with Gasteiger partial charge in [0.15, 0.2) is 17.3 Å². The molecule has 37 heavy (non-hydrogen) atoms. The monoisotopic (exact) mass is 500 g/mol. The van der Waals surface area contributed by atoms with E-state index in [1.807, 2.05) is 51.1 Å². The van der Waals surface area contributed by atoms with Gasteiger partial charge in [-0.05, 0) is 82.1 Å². The lowest BCUT2D eigenvalue weighted by atomic mass is 9.33. The van der Waals surface area contributed by atoms with Gasteiger partial charge in [0.1, 0.15) is 11.0 Å². The van der Waals surface area contributed by atoms with Crippen molar-refractivity contribution in [3.8, 4) is 0 Å². The minimum Gasteiger partial charge on any atom is -0.387 e. The van der Waals surface area contributed by atoms with Crippen LogP contribution in [0.5, 0.6) is 0 Å². The Hall–Kier alpha value is -2.33. The molecule has 6 aliphatic rings. The number of hydrogen-bond donors (Lipinski definition) is 1. The molecule has 5 bridgehead atoms. The summed E-state index contributed by atoms with van der Waals surface area (Å²) in [4.78, 5) is 44.7. The summed E-state index contributed by atoms with van der Waals surface area (Å²) in [6.45, 7) is 16.4. The van der Waals surface area contributed by atoms with Gasteiger partial charge in [0, 0.05) is 11.0 Å². The fraction of sp³-hybridized carbons (Fsp3) is 0.606. The van der Waals surface area contributed by atoms with E-state index < -0.39 is 38.6 Å². The molecule has 4 nitrogen and oxygen atoms in total. The first-order valence-electron chi connectivity index (χ1n) is 13.9. The predicted octanol–water partition coefficient (Wildman–Crippen LogP) is 6.17. The van der Waals surface area contributed by atoms with Crippen LogP contribution < -0.4 is 0 Å². The van der Waals surface area contributed by atoms with E-state index in [-0.39, 0.29) is 23.3 Å². The van der Waals surface area contributed by atoms with Crippen LogP contribution in [0.3, 0.4) is 0 Å². The van der Waals surface area contributed by atoms with Gasteiger partial charge in [0.25, 0.3) is 0 Å². The lowest BCUT2D eigenvalue weighted by Gasteiger charge is -2.68. The van der Waals surface area contributed by atoms with Gasteiger partial charge in [-0.15, -0.1) is 6.58 Å².